The second-order valence-corrected chi connectivity index (χ2v) is 4.51. The molecule has 19 heavy (non-hydrogen) atoms. The Bertz CT molecular complexity index is 423. The summed E-state index contributed by atoms with van der Waals surface area (Å²) >= 11 is 0. The van der Waals surface area contributed by atoms with Crippen LogP contribution in [0.5, 0.6) is 11.5 Å². The third-order valence-electron chi connectivity index (χ3n) is 2.97. The van der Waals surface area contributed by atoms with Gasteiger partial charge in [-0.1, -0.05) is 13.0 Å². The number of hydrogen-bond donors (Lipinski definition) is 1. The van der Waals surface area contributed by atoms with Crippen molar-refractivity contribution in [1.29, 1.82) is 0 Å². The van der Waals surface area contributed by atoms with E-state index < -0.39 is 0 Å². The maximum absolute atomic E-state index is 5.97. The van der Waals surface area contributed by atoms with Crippen LogP contribution in [0, 0.1) is 12.3 Å². The molecule has 104 valence electrons. The molecule has 0 aliphatic rings. The SMILES string of the molecule is C#CCCCOc1cc(CC(N)CC)ccc1OC. The number of nitrogens with two attached hydrogens (primary N) is 1. The molecule has 3 nitrogen and oxygen atoms in total. The summed E-state index contributed by atoms with van der Waals surface area (Å²) in [5.74, 6) is 4.11. The van der Waals surface area contributed by atoms with Gasteiger partial charge in [0.15, 0.2) is 11.5 Å². The van der Waals surface area contributed by atoms with Crippen LogP contribution in [0.4, 0.5) is 0 Å². The van der Waals surface area contributed by atoms with Crippen LogP contribution >= 0.6 is 0 Å². The lowest BCUT2D eigenvalue weighted by molar-refractivity contribution is 0.290. The van der Waals surface area contributed by atoms with E-state index in [4.69, 9.17) is 21.6 Å². The highest BCUT2D eigenvalue weighted by Gasteiger charge is 2.08. The molecule has 0 aliphatic heterocycles. The van der Waals surface area contributed by atoms with Crippen molar-refractivity contribution in [3.63, 3.8) is 0 Å². The van der Waals surface area contributed by atoms with Crippen LogP contribution in [0.2, 0.25) is 0 Å². The highest BCUT2D eigenvalue weighted by molar-refractivity contribution is 5.43. The molecule has 2 N–H and O–H groups in total. The Morgan fingerprint density at radius 1 is 1.37 bits per heavy atom. The summed E-state index contributed by atoms with van der Waals surface area (Å²) in [5, 5.41) is 0. The quantitative estimate of drug-likeness (QED) is 0.578. The lowest BCUT2D eigenvalue weighted by Gasteiger charge is -2.14. The molecule has 0 saturated carbocycles. The standard InChI is InChI=1S/C16H23NO2/c1-4-6-7-10-19-16-12-13(11-14(17)5-2)8-9-15(16)18-3/h1,8-9,12,14H,5-7,10-11,17H2,2-3H3. The Kier molecular flexibility index (Phi) is 6.84. The van der Waals surface area contributed by atoms with Crippen molar-refractivity contribution < 1.29 is 9.47 Å². The van der Waals surface area contributed by atoms with Crippen LogP contribution in [0.1, 0.15) is 31.7 Å². The number of methoxy groups -OCH3 is 1. The number of unbranched alkanes of at least 4 members (excludes halogenated alkanes) is 1. The fourth-order valence-electron chi connectivity index (χ4n) is 1.76. The summed E-state index contributed by atoms with van der Waals surface area (Å²) in [4.78, 5) is 0. The van der Waals surface area contributed by atoms with E-state index in [1.807, 2.05) is 18.2 Å². The number of benzene rings is 1. The first-order valence-corrected chi connectivity index (χ1v) is 6.70. The first-order valence-electron chi connectivity index (χ1n) is 6.70. The van der Waals surface area contributed by atoms with E-state index in [1.165, 1.54) is 5.56 Å². The number of ether oxygens (including phenoxy) is 2. The van der Waals surface area contributed by atoms with Crippen LogP contribution in [-0.2, 0) is 6.42 Å². The average Bonchev–Trinajstić information content (AvgIpc) is 2.43. The van der Waals surface area contributed by atoms with Gasteiger partial charge in [0.05, 0.1) is 13.7 Å². The normalized spacial score (nSPS) is 11.7. The maximum Gasteiger partial charge on any atom is 0.161 e. The summed E-state index contributed by atoms with van der Waals surface area (Å²) in [6.07, 6.45) is 8.60. The van der Waals surface area contributed by atoms with Gasteiger partial charge < -0.3 is 15.2 Å². The van der Waals surface area contributed by atoms with E-state index in [-0.39, 0.29) is 6.04 Å². The number of rotatable bonds is 8. The molecule has 0 aromatic heterocycles. The van der Waals surface area contributed by atoms with Crippen LogP contribution in [-0.4, -0.2) is 19.8 Å². The monoisotopic (exact) mass is 261 g/mol. The Morgan fingerprint density at radius 3 is 2.79 bits per heavy atom. The molecular formula is C16H23NO2. The van der Waals surface area contributed by atoms with Crippen molar-refractivity contribution in [1.82, 2.24) is 0 Å². The van der Waals surface area contributed by atoms with Crippen molar-refractivity contribution in [2.75, 3.05) is 13.7 Å². The third kappa shape index (κ3) is 5.23. The topological polar surface area (TPSA) is 44.5 Å². The van der Waals surface area contributed by atoms with Gasteiger partial charge in [0.2, 0.25) is 0 Å². The molecule has 0 spiro atoms. The fraction of sp³-hybridized carbons (Fsp3) is 0.500. The molecule has 0 bridgehead atoms. The summed E-state index contributed by atoms with van der Waals surface area (Å²) in [5.41, 5.74) is 7.14. The van der Waals surface area contributed by atoms with Gasteiger partial charge >= 0.3 is 0 Å². The lowest BCUT2D eigenvalue weighted by Crippen LogP contribution is -2.21. The largest absolute Gasteiger partial charge is 0.493 e. The molecule has 0 amide bonds. The molecule has 1 rings (SSSR count). The summed E-state index contributed by atoms with van der Waals surface area (Å²) < 4.78 is 11.0. The van der Waals surface area contributed by atoms with Gasteiger partial charge in [-0.25, -0.2) is 0 Å². The first kappa shape index (κ1) is 15.4. The second-order valence-electron chi connectivity index (χ2n) is 4.51. The third-order valence-corrected chi connectivity index (χ3v) is 2.97. The van der Waals surface area contributed by atoms with Crippen molar-refractivity contribution in [3.8, 4) is 23.8 Å². The molecule has 1 atom stereocenters. The molecule has 0 saturated heterocycles. The summed E-state index contributed by atoms with van der Waals surface area (Å²) in [7, 11) is 1.64. The van der Waals surface area contributed by atoms with Crippen LogP contribution in [0.25, 0.3) is 0 Å². The number of terminal acetylenes is 1. The van der Waals surface area contributed by atoms with Gasteiger partial charge in [-0.2, -0.15) is 0 Å². The number of hydrogen-bond acceptors (Lipinski definition) is 3. The molecule has 1 unspecified atom stereocenters. The van der Waals surface area contributed by atoms with Gasteiger partial charge in [0.1, 0.15) is 0 Å². The van der Waals surface area contributed by atoms with E-state index >= 15 is 0 Å². The highest BCUT2D eigenvalue weighted by Crippen LogP contribution is 2.28. The van der Waals surface area contributed by atoms with Gasteiger partial charge in [-0.05, 0) is 37.0 Å². The Hall–Kier alpha value is -1.66. The van der Waals surface area contributed by atoms with Crippen LogP contribution < -0.4 is 15.2 Å². The molecule has 1 aromatic rings. The zero-order valence-electron chi connectivity index (χ0n) is 11.8. The Labute approximate surface area is 116 Å². The van der Waals surface area contributed by atoms with Crippen molar-refractivity contribution in [3.05, 3.63) is 23.8 Å². The van der Waals surface area contributed by atoms with Crippen molar-refractivity contribution in [2.24, 2.45) is 5.73 Å². The zero-order valence-corrected chi connectivity index (χ0v) is 11.8. The second kappa shape index (κ2) is 8.44. The summed E-state index contributed by atoms with van der Waals surface area (Å²) in [6, 6.07) is 6.14. The molecule has 0 radical (unpaired) electrons. The fourth-order valence-corrected chi connectivity index (χ4v) is 1.76. The molecule has 1 aromatic carbocycles. The lowest BCUT2D eigenvalue weighted by atomic mass is 10.0. The Morgan fingerprint density at radius 2 is 2.16 bits per heavy atom. The van der Waals surface area contributed by atoms with E-state index in [0.717, 1.165) is 37.2 Å². The van der Waals surface area contributed by atoms with E-state index in [2.05, 4.69) is 12.8 Å². The van der Waals surface area contributed by atoms with E-state index in [9.17, 15) is 0 Å². The molecule has 0 heterocycles. The molecular weight excluding hydrogens is 238 g/mol. The minimum Gasteiger partial charge on any atom is -0.493 e. The minimum absolute atomic E-state index is 0.183. The predicted molar refractivity (Wildman–Crippen MR) is 78.5 cm³/mol. The van der Waals surface area contributed by atoms with E-state index in [1.54, 1.807) is 7.11 Å². The minimum atomic E-state index is 0.183. The molecule has 0 fully saturated rings. The zero-order chi connectivity index (χ0) is 14.1. The van der Waals surface area contributed by atoms with Gasteiger partial charge in [0, 0.05) is 12.5 Å². The average molecular weight is 261 g/mol. The van der Waals surface area contributed by atoms with Crippen LogP contribution in [0.15, 0.2) is 18.2 Å². The highest BCUT2D eigenvalue weighted by atomic mass is 16.5. The summed E-state index contributed by atoms with van der Waals surface area (Å²) in [6.45, 7) is 2.69. The molecule has 3 heteroatoms. The van der Waals surface area contributed by atoms with E-state index in [0.29, 0.717) is 6.61 Å². The van der Waals surface area contributed by atoms with Crippen molar-refractivity contribution >= 4 is 0 Å². The maximum atomic E-state index is 5.97. The first-order chi connectivity index (χ1) is 9.21. The predicted octanol–water partition coefficient (Wildman–Crippen LogP) is 2.77. The smallest absolute Gasteiger partial charge is 0.161 e. The van der Waals surface area contributed by atoms with Gasteiger partial charge in [-0.15, -0.1) is 12.3 Å². The van der Waals surface area contributed by atoms with Crippen molar-refractivity contribution in [2.45, 2.75) is 38.6 Å². The van der Waals surface area contributed by atoms with Crippen LogP contribution in [0.3, 0.4) is 0 Å². The Balaban J connectivity index is 2.70. The van der Waals surface area contributed by atoms with Gasteiger partial charge in [0.25, 0.3) is 0 Å². The molecule has 0 aliphatic carbocycles. The van der Waals surface area contributed by atoms with Gasteiger partial charge in [-0.3, -0.25) is 0 Å².